The Morgan fingerprint density at radius 1 is 1.26 bits per heavy atom. The summed E-state index contributed by atoms with van der Waals surface area (Å²) >= 11 is 1.83. The maximum absolute atomic E-state index is 12.7. The highest BCUT2D eigenvalue weighted by Gasteiger charge is 2.25. The number of aromatic nitrogens is 1. The lowest BCUT2D eigenvalue weighted by atomic mass is 10.0. The third-order valence-electron chi connectivity index (χ3n) is 4.28. The second-order valence-corrected chi connectivity index (χ2v) is 7.02. The van der Waals surface area contributed by atoms with Crippen LogP contribution in [-0.2, 0) is 0 Å². The fourth-order valence-electron chi connectivity index (χ4n) is 3.23. The molecule has 0 radical (unpaired) electrons. The summed E-state index contributed by atoms with van der Waals surface area (Å²) in [5.74, 6) is 0.822. The first-order chi connectivity index (χ1) is 11.0. The number of fused-ring (bicyclic) bond motifs is 1. The van der Waals surface area contributed by atoms with Crippen LogP contribution in [0.1, 0.15) is 57.1 Å². The third kappa shape index (κ3) is 2.93. The van der Waals surface area contributed by atoms with Crippen LogP contribution in [-0.4, -0.2) is 22.4 Å². The predicted molar refractivity (Wildman–Crippen MR) is 92.3 cm³/mol. The van der Waals surface area contributed by atoms with E-state index in [1.807, 2.05) is 37.7 Å². The van der Waals surface area contributed by atoms with Crippen LogP contribution in [0.15, 0.2) is 29.2 Å². The van der Waals surface area contributed by atoms with Gasteiger partial charge < -0.3 is 10.3 Å². The van der Waals surface area contributed by atoms with Gasteiger partial charge in [-0.2, -0.15) is 0 Å². The van der Waals surface area contributed by atoms with Gasteiger partial charge in [0.25, 0.3) is 5.91 Å². The molecule has 1 aromatic carbocycles. The Bertz CT molecular complexity index is 779. The predicted octanol–water partition coefficient (Wildman–Crippen LogP) is 3.80. The summed E-state index contributed by atoms with van der Waals surface area (Å²) < 4.78 is 0. The number of amides is 1. The fraction of sp³-hybridized carbons (Fsp3) is 0.333. The first kappa shape index (κ1) is 15.9. The Kier molecular flexibility index (Phi) is 4.31. The highest BCUT2D eigenvalue weighted by Crippen LogP contribution is 2.36. The minimum Gasteiger partial charge on any atom is -0.354 e. The summed E-state index contributed by atoms with van der Waals surface area (Å²) in [6.45, 7) is 5.17. The average Bonchev–Trinajstić information content (AvgIpc) is 2.82. The number of benzene rings is 1. The molecule has 0 unspecified atom stereocenters. The number of hydrogen-bond acceptors (Lipinski definition) is 3. The fourth-order valence-corrected chi connectivity index (χ4v) is 4.35. The first-order valence-electron chi connectivity index (χ1n) is 7.71. The standard InChI is InChI=1S/C18H20N2O2S/c1-10-16(12(3)21)11(2)19-17(10)18(22)20-14-8-9-23-15-7-5-4-6-13(14)15/h4-7,14,19H,8-9H2,1-3H3,(H,20,22)/t14-/m1/s1. The average molecular weight is 328 g/mol. The van der Waals surface area contributed by atoms with Crippen molar-refractivity contribution in [2.24, 2.45) is 0 Å². The van der Waals surface area contributed by atoms with E-state index < -0.39 is 0 Å². The monoisotopic (exact) mass is 328 g/mol. The Balaban J connectivity index is 1.87. The number of ketones is 1. The summed E-state index contributed by atoms with van der Waals surface area (Å²) in [5.41, 5.74) is 3.76. The molecule has 0 spiro atoms. The SMILES string of the molecule is CC(=O)c1c(C)[nH]c(C(=O)N[C@@H]2CCSc3ccccc32)c1C. The molecule has 23 heavy (non-hydrogen) atoms. The van der Waals surface area contributed by atoms with E-state index in [1.165, 1.54) is 17.4 Å². The Morgan fingerprint density at radius 2 is 2.00 bits per heavy atom. The van der Waals surface area contributed by atoms with E-state index in [0.717, 1.165) is 23.4 Å². The minimum absolute atomic E-state index is 0.0173. The van der Waals surface area contributed by atoms with E-state index in [0.29, 0.717) is 11.3 Å². The zero-order chi connectivity index (χ0) is 16.6. The van der Waals surface area contributed by atoms with Crippen LogP contribution in [0, 0.1) is 13.8 Å². The maximum atomic E-state index is 12.7. The minimum atomic E-state index is -0.148. The number of carbonyl (C=O) groups is 2. The van der Waals surface area contributed by atoms with Gasteiger partial charge in [-0.15, -0.1) is 11.8 Å². The van der Waals surface area contributed by atoms with Gasteiger partial charge in [-0.1, -0.05) is 18.2 Å². The molecular weight excluding hydrogens is 308 g/mol. The van der Waals surface area contributed by atoms with Gasteiger partial charge in [0.1, 0.15) is 5.69 Å². The molecule has 2 heterocycles. The van der Waals surface area contributed by atoms with Gasteiger partial charge in [-0.3, -0.25) is 9.59 Å². The molecule has 2 N–H and O–H groups in total. The number of hydrogen-bond donors (Lipinski definition) is 2. The number of carbonyl (C=O) groups excluding carboxylic acids is 2. The first-order valence-corrected chi connectivity index (χ1v) is 8.70. The lowest BCUT2D eigenvalue weighted by Gasteiger charge is -2.25. The van der Waals surface area contributed by atoms with E-state index in [2.05, 4.69) is 22.4 Å². The van der Waals surface area contributed by atoms with Crippen LogP contribution < -0.4 is 5.32 Å². The van der Waals surface area contributed by atoms with E-state index in [1.54, 1.807) is 0 Å². The van der Waals surface area contributed by atoms with Gasteiger partial charge in [0.2, 0.25) is 0 Å². The van der Waals surface area contributed by atoms with Crippen molar-refractivity contribution in [3.63, 3.8) is 0 Å². The molecule has 3 rings (SSSR count). The van der Waals surface area contributed by atoms with Crippen molar-refractivity contribution in [2.45, 2.75) is 38.1 Å². The van der Waals surface area contributed by atoms with Crippen LogP contribution in [0.2, 0.25) is 0 Å². The molecule has 1 aliphatic heterocycles. The third-order valence-corrected chi connectivity index (χ3v) is 5.40. The number of aryl methyl sites for hydroxylation is 1. The van der Waals surface area contributed by atoms with Crippen molar-refractivity contribution in [3.05, 3.63) is 52.3 Å². The molecule has 5 heteroatoms. The van der Waals surface area contributed by atoms with Crippen molar-refractivity contribution in [1.29, 1.82) is 0 Å². The van der Waals surface area contributed by atoms with Gasteiger partial charge >= 0.3 is 0 Å². The molecule has 0 saturated carbocycles. The molecule has 0 saturated heterocycles. The van der Waals surface area contributed by atoms with Crippen molar-refractivity contribution >= 4 is 23.5 Å². The van der Waals surface area contributed by atoms with Crippen LogP contribution in [0.25, 0.3) is 0 Å². The second kappa shape index (κ2) is 6.24. The second-order valence-electron chi connectivity index (χ2n) is 5.88. The molecular formula is C18H20N2O2S. The topological polar surface area (TPSA) is 62.0 Å². The molecule has 1 aliphatic rings. The molecule has 120 valence electrons. The van der Waals surface area contributed by atoms with Crippen LogP contribution in [0.3, 0.4) is 0 Å². The number of thioether (sulfide) groups is 1. The van der Waals surface area contributed by atoms with Crippen molar-refractivity contribution in [1.82, 2.24) is 10.3 Å². The highest BCUT2D eigenvalue weighted by molar-refractivity contribution is 7.99. The summed E-state index contributed by atoms with van der Waals surface area (Å²) in [6, 6.07) is 8.20. The van der Waals surface area contributed by atoms with Crippen LogP contribution >= 0.6 is 11.8 Å². The number of aromatic amines is 1. The van der Waals surface area contributed by atoms with Gasteiger partial charge in [0.15, 0.2) is 5.78 Å². The molecule has 0 bridgehead atoms. The van der Waals surface area contributed by atoms with Crippen LogP contribution in [0.4, 0.5) is 0 Å². The summed E-state index contributed by atoms with van der Waals surface area (Å²) in [6.07, 6.45) is 0.908. The Morgan fingerprint density at radius 3 is 2.70 bits per heavy atom. The molecule has 1 amide bonds. The summed E-state index contributed by atoms with van der Waals surface area (Å²) in [7, 11) is 0. The van der Waals surface area contributed by atoms with Crippen molar-refractivity contribution in [3.8, 4) is 0 Å². The zero-order valence-corrected chi connectivity index (χ0v) is 14.3. The smallest absolute Gasteiger partial charge is 0.268 e. The number of rotatable bonds is 3. The Labute approximate surface area is 140 Å². The summed E-state index contributed by atoms with van der Waals surface area (Å²) in [5, 5.41) is 3.12. The van der Waals surface area contributed by atoms with Gasteiger partial charge in [0.05, 0.1) is 6.04 Å². The normalized spacial score (nSPS) is 16.7. The van der Waals surface area contributed by atoms with E-state index in [4.69, 9.17) is 0 Å². The lowest BCUT2D eigenvalue weighted by Crippen LogP contribution is -2.31. The maximum Gasteiger partial charge on any atom is 0.268 e. The lowest BCUT2D eigenvalue weighted by molar-refractivity contribution is 0.0929. The van der Waals surface area contributed by atoms with Crippen LogP contribution in [0.5, 0.6) is 0 Å². The molecule has 0 aliphatic carbocycles. The molecule has 0 fully saturated rings. The zero-order valence-electron chi connectivity index (χ0n) is 13.5. The van der Waals surface area contributed by atoms with Crippen molar-refractivity contribution < 1.29 is 9.59 Å². The molecule has 4 nitrogen and oxygen atoms in total. The highest BCUT2D eigenvalue weighted by atomic mass is 32.2. The van der Waals surface area contributed by atoms with Crippen molar-refractivity contribution in [2.75, 3.05) is 5.75 Å². The number of nitrogens with one attached hydrogen (secondary N) is 2. The number of H-pyrrole nitrogens is 1. The van der Waals surface area contributed by atoms with Gasteiger partial charge in [-0.25, -0.2) is 0 Å². The van der Waals surface area contributed by atoms with E-state index >= 15 is 0 Å². The van der Waals surface area contributed by atoms with E-state index in [9.17, 15) is 9.59 Å². The Hall–Kier alpha value is -2.01. The van der Waals surface area contributed by atoms with Gasteiger partial charge in [0, 0.05) is 21.9 Å². The van der Waals surface area contributed by atoms with E-state index in [-0.39, 0.29) is 17.7 Å². The summed E-state index contributed by atoms with van der Waals surface area (Å²) in [4.78, 5) is 28.7. The quantitative estimate of drug-likeness (QED) is 0.843. The molecule has 1 aromatic heterocycles. The molecule has 1 atom stereocenters. The number of Topliss-reactive ketones (excluding diaryl/α,β-unsaturated/α-hetero) is 1. The largest absolute Gasteiger partial charge is 0.354 e. The van der Waals surface area contributed by atoms with Gasteiger partial charge in [-0.05, 0) is 44.4 Å². The molecule has 2 aromatic rings.